The van der Waals surface area contributed by atoms with Crippen molar-refractivity contribution >= 4 is 17.4 Å². The van der Waals surface area contributed by atoms with Crippen molar-refractivity contribution in [2.75, 3.05) is 18.5 Å². The van der Waals surface area contributed by atoms with Crippen LogP contribution in [-0.4, -0.2) is 23.6 Å². The van der Waals surface area contributed by atoms with Crippen LogP contribution in [0.25, 0.3) is 0 Å². The number of nitrogens with one attached hydrogen (secondary N) is 1. The molecule has 0 spiro atoms. The van der Waals surface area contributed by atoms with Crippen LogP contribution in [-0.2, 0) is 0 Å². The van der Waals surface area contributed by atoms with E-state index >= 15 is 0 Å². The summed E-state index contributed by atoms with van der Waals surface area (Å²) in [6, 6.07) is 2.10. The van der Waals surface area contributed by atoms with E-state index in [1.54, 1.807) is 18.9 Å². The highest BCUT2D eigenvalue weighted by molar-refractivity contribution is 6.32. The van der Waals surface area contributed by atoms with Gasteiger partial charge in [0.1, 0.15) is 5.02 Å². The number of aromatic amines is 1. The first-order valence-corrected chi connectivity index (χ1v) is 4.78. The summed E-state index contributed by atoms with van der Waals surface area (Å²) in [7, 11) is 1.74. The molecule has 0 saturated carbocycles. The number of rotatable bonds is 3. The minimum Gasteiger partial charge on any atom is -0.357 e. The van der Waals surface area contributed by atoms with Gasteiger partial charge in [-0.1, -0.05) is 11.6 Å². The van der Waals surface area contributed by atoms with Gasteiger partial charge in [-0.3, -0.25) is 4.79 Å². The molecule has 0 amide bonds. The summed E-state index contributed by atoms with van der Waals surface area (Å²) in [6.45, 7) is 2.27. The predicted molar refractivity (Wildman–Crippen MR) is 57.9 cm³/mol. The summed E-state index contributed by atoms with van der Waals surface area (Å²) < 4.78 is 0. The van der Waals surface area contributed by atoms with Crippen molar-refractivity contribution in [2.45, 2.75) is 6.92 Å². The summed E-state index contributed by atoms with van der Waals surface area (Å²) in [4.78, 5) is 19.2. The maximum atomic E-state index is 11.2. The third-order valence-corrected chi connectivity index (χ3v) is 2.25. The largest absolute Gasteiger partial charge is 0.357 e. The highest BCUT2D eigenvalue weighted by Crippen LogP contribution is 2.17. The van der Waals surface area contributed by atoms with E-state index in [-0.39, 0.29) is 16.5 Å². The summed E-state index contributed by atoms with van der Waals surface area (Å²) >= 11 is 5.78. The lowest BCUT2D eigenvalue weighted by atomic mass is 10.2. The van der Waals surface area contributed by atoms with Crippen molar-refractivity contribution in [1.29, 1.82) is 5.26 Å². The summed E-state index contributed by atoms with van der Waals surface area (Å²) in [5.74, 6) is 0.245. The Bertz CT molecular complexity index is 436. The average molecular weight is 227 g/mol. The lowest BCUT2D eigenvalue weighted by molar-refractivity contribution is 0.709. The second kappa shape index (κ2) is 4.80. The van der Waals surface area contributed by atoms with E-state index in [0.717, 1.165) is 0 Å². The first-order valence-electron chi connectivity index (χ1n) is 4.40. The Morgan fingerprint density at radius 3 is 3.07 bits per heavy atom. The summed E-state index contributed by atoms with van der Waals surface area (Å²) in [6.07, 6.45) is 1.29. The maximum Gasteiger partial charge on any atom is 0.271 e. The molecule has 1 heterocycles. The van der Waals surface area contributed by atoms with E-state index in [1.165, 1.54) is 6.33 Å². The highest BCUT2D eigenvalue weighted by atomic mass is 35.5. The van der Waals surface area contributed by atoms with Gasteiger partial charge in [-0.25, -0.2) is 4.98 Å². The van der Waals surface area contributed by atoms with Crippen LogP contribution in [0.1, 0.15) is 6.92 Å². The fourth-order valence-electron chi connectivity index (χ4n) is 1.18. The second-order valence-corrected chi connectivity index (χ2v) is 3.66. The molecule has 0 fully saturated rings. The van der Waals surface area contributed by atoms with E-state index in [1.807, 2.05) is 0 Å². The molecule has 0 radical (unpaired) electrons. The molecule has 5 nitrogen and oxygen atoms in total. The topological polar surface area (TPSA) is 72.8 Å². The number of hydrogen-bond donors (Lipinski definition) is 1. The molecule has 1 aromatic heterocycles. The molecular weight excluding hydrogens is 216 g/mol. The molecule has 0 saturated heterocycles. The predicted octanol–water partition coefficient (Wildman–Crippen LogP) is 1.02. The highest BCUT2D eigenvalue weighted by Gasteiger charge is 2.12. The Morgan fingerprint density at radius 2 is 2.47 bits per heavy atom. The Kier molecular flexibility index (Phi) is 3.69. The monoisotopic (exact) mass is 226 g/mol. The zero-order chi connectivity index (χ0) is 11.4. The number of anilines is 1. The molecule has 0 bridgehead atoms. The van der Waals surface area contributed by atoms with Gasteiger partial charge in [0.05, 0.1) is 18.3 Å². The second-order valence-electron chi connectivity index (χ2n) is 3.28. The van der Waals surface area contributed by atoms with E-state index in [4.69, 9.17) is 16.9 Å². The van der Waals surface area contributed by atoms with Crippen LogP contribution in [0, 0.1) is 17.2 Å². The number of aromatic nitrogens is 2. The first kappa shape index (κ1) is 11.5. The van der Waals surface area contributed by atoms with Crippen LogP contribution < -0.4 is 10.5 Å². The van der Waals surface area contributed by atoms with Crippen molar-refractivity contribution in [2.24, 2.45) is 5.92 Å². The Morgan fingerprint density at radius 1 is 1.80 bits per heavy atom. The maximum absolute atomic E-state index is 11.2. The van der Waals surface area contributed by atoms with Gasteiger partial charge in [0.15, 0.2) is 5.82 Å². The number of halogens is 1. The van der Waals surface area contributed by atoms with Crippen LogP contribution in [0.15, 0.2) is 11.1 Å². The third-order valence-electron chi connectivity index (χ3n) is 1.91. The molecule has 0 aliphatic heterocycles. The lowest BCUT2D eigenvalue weighted by Crippen LogP contribution is -2.26. The molecule has 1 N–H and O–H groups in total. The van der Waals surface area contributed by atoms with Crippen molar-refractivity contribution < 1.29 is 0 Å². The molecule has 15 heavy (non-hydrogen) atoms. The van der Waals surface area contributed by atoms with E-state index in [9.17, 15) is 4.79 Å². The van der Waals surface area contributed by atoms with Gasteiger partial charge in [-0.05, 0) is 6.92 Å². The van der Waals surface area contributed by atoms with E-state index in [0.29, 0.717) is 12.4 Å². The van der Waals surface area contributed by atoms with Crippen LogP contribution in [0.2, 0.25) is 5.02 Å². The molecule has 1 aromatic rings. The number of nitrogens with zero attached hydrogens (tertiary/aromatic N) is 3. The van der Waals surface area contributed by atoms with Gasteiger partial charge < -0.3 is 9.88 Å². The SMILES string of the molecule is CC(C#N)CN(C)c1nc[nH]c(=O)c1Cl. The molecule has 80 valence electrons. The van der Waals surface area contributed by atoms with Crippen LogP contribution >= 0.6 is 11.6 Å². The van der Waals surface area contributed by atoms with Gasteiger partial charge in [-0.15, -0.1) is 0 Å². The summed E-state index contributed by atoms with van der Waals surface area (Å²) in [5, 5.41) is 8.70. The van der Waals surface area contributed by atoms with Gasteiger partial charge in [0.2, 0.25) is 0 Å². The first-order chi connectivity index (χ1) is 7.06. The molecule has 0 aliphatic carbocycles. The zero-order valence-electron chi connectivity index (χ0n) is 8.49. The van der Waals surface area contributed by atoms with Gasteiger partial charge in [-0.2, -0.15) is 5.26 Å². The molecule has 0 aliphatic rings. The standard InChI is InChI=1S/C9H11ClN4O/c1-6(3-11)4-14(2)8-7(10)9(15)13-5-12-8/h5-6H,4H2,1-2H3,(H,12,13,15). The van der Waals surface area contributed by atoms with Crippen LogP contribution in [0.3, 0.4) is 0 Å². The molecule has 0 aromatic carbocycles. The summed E-state index contributed by atoms with van der Waals surface area (Å²) in [5.41, 5.74) is -0.377. The Balaban J connectivity index is 2.93. The minimum atomic E-state index is -0.377. The zero-order valence-corrected chi connectivity index (χ0v) is 9.25. The Hall–Kier alpha value is -1.54. The molecule has 1 atom stereocenters. The van der Waals surface area contributed by atoms with Gasteiger partial charge in [0, 0.05) is 13.6 Å². The number of H-pyrrole nitrogens is 1. The van der Waals surface area contributed by atoms with Gasteiger partial charge >= 0.3 is 0 Å². The normalized spacial score (nSPS) is 11.9. The molecular formula is C9H11ClN4O. The number of hydrogen-bond acceptors (Lipinski definition) is 4. The number of nitriles is 1. The van der Waals surface area contributed by atoms with Crippen molar-refractivity contribution in [3.63, 3.8) is 0 Å². The van der Waals surface area contributed by atoms with Crippen LogP contribution in [0.5, 0.6) is 0 Å². The van der Waals surface area contributed by atoms with Crippen LogP contribution in [0.4, 0.5) is 5.82 Å². The van der Waals surface area contributed by atoms with Gasteiger partial charge in [0.25, 0.3) is 5.56 Å². The van der Waals surface area contributed by atoms with Crippen molar-refractivity contribution in [3.8, 4) is 6.07 Å². The molecule has 1 unspecified atom stereocenters. The quantitative estimate of drug-likeness (QED) is 0.835. The van der Waals surface area contributed by atoms with E-state index < -0.39 is 0 Å². The molecule has 6 heteroatoms. The third kappa shape index (κ3) is 2.70. The minimum absolute atomic E-state index is 0.0464. The fourth-order valence-corrected chi connectivity index (χ4v) is 1.43. The van der Waals surface area contributed by atoms with E-state index in [2.05, 4.69) is 16.0 Å². The average Bonchev–Trinajstić information content (AvgIpc) is 2.21. The van der Waals surface area contributed by atoms with Crippen molar-refractivity contribution in [3.05, 3.63) is 21.7 Å². The molecule has 1 rings (SSSR count). The smallest absolute Gasteiger partial charge is 0.271 e. The Labute approximate surface area is 92.3 Å². The lowest BCUT2D eigenvalue weighted by Gasteiger charge is -2.19. The fraction of sp³-hybridized carbons (Fsp3) is 0.444. The van der Waals surface area contributed by atoms with Crippen molar-refractivity contribution in [1.82, 2.24) is 9.97 Å².